The van der Waals surface area contributed by atoms with E-state index in [0.717, 1.165) is 6.42 Å². The topological polar surface area (TPSA) is 57.6 Å². The smallest absolute Gasteiger partial charge is 0.312 e. The molecule has 0 unspecified atom stereocenters. The second-order valence-electron chi connectivity index (χ2n) is 2.71. The molecule has 4 nitrogen and oxygen atoms in total. The van der Waals surface area contributed by atoms with Gasteiger partial charge in [-0.1, -0.05) is 0 Å². The summed E-state index contributed by atoms with van der Waals surface area (Å²) < 4.78 is 0. The Bertz CT molecular complexity index is 169. The molecule has 0 aromatic carbocycles. The van der Waals surface area contributed by atoms with E-state index >= 15 is 0 Å². The van der Waals surface area contributed by atoms with Crippen molar-refractivity contribution < 1.29 is 14.7 Å². The normalized spacial score (nSPS) is 24.7. The molecular formula is C7H10NO3. The molecule has 0 saturated carbocycles. The molecule has 1 N–H and O–H groups in total. The molecular weight excluding hydrogens is 146 g/mol. The molecule has 1 radical (unpaired) electrons. The quantitative estimate of drug-likeness (QED) is 0.605. The zero-order chi connectivity index (χ0) is 8.27. The lowest BCUT2D eigenvalue weighted by atomic mass is 9.99. The summed E-state index contributed by atoms with van der Waals surface area (Å²) >= 11 is 0. The number of carboxylic acids is 1. The van der Waals surface area contributed by atoms with Crippen molar-refractivity contribution in [3.8, 4) is 0 Å². The van der Waals surface area contributed by atoms with E-state index in [1.807, 2.05) is 0 Å². The maximum Gasteiger partial charge on any atom is 0.312 e. The minimum Gasteiger partial charge on any atom is -0.481 e. The number of carboxylic acid groups (broad SMARTS) is 1. The van der Waals surface area contributed by atoms with E-state index in [1.54, 1.807) is 6.41 Å². The molecule has 1 amide bonds. The maximum absolute atomic E-state index is 10.5. The Labute approximate surface area is 64.8 Å². The number of likely N-dealkylation sites (tertiary alicyclic amines) is 1. The van der Waals surface area contributed by atoms with E-state index in [-0.39, 0.29) is 5.92 Å². The molecule has 1 aliphatic heterocycles. The van der Waals surface area contributed by atoms with Crippen molar-refractivity contribution in [2.45, 2.75) is 12.8 Å². The summed E-state index contributed by atoms with van der Waals surface area (Å²) in [6, 6.07) is 0. The zero-order valence-corrected chi connectivity index (χ0v) is 6.12. The third-order valence-electron chi connectivity index (χ3n) is 1.90. The molecule has 0 aliphatic carbocycles. The number of piperidine rings is 1. The van der Waals surface area contributed by atoms with Gasteiger partial charge in [0, 0.05) is 13.1 Å². The summed E-state index contributed by atoms with van der Waals surface area (Å²) in [5.41, 5.74) is 0. The summed E-state index contributed by atoms with van der Waals surface area (Å²) in [6.45, 7) is 0.964. The second kappa shape index (κ2) is 3.37. The van der Waals surface area contributed by atoms with Crippen LogP contribution in [0.2, 0.25) is 0 Å². The van der Waals surface area contributed by atoms with Crippen LogP contribution in [-0.2, 0) is 9.59 Å². The van der Waals surface area contributed by atoms with Gasteiger partial charge in [-0.3, -0.25) is 9.59 Å². The number of nitrogens with zero attached hydrogens (tertiary/aromatic N) is 1. The van der Waals surface area contributed by atoms with Crippen LogP contribution in [0, 0.1) is 5.92 Å². The highest BCUT2D eigenvalue weighted by atomic mass is 16.4. The Morgan fingerprint density at radius 3 is 2.91 bits per heavy atom. The predicted molar refractivity (Wildman–Crippen MR) is 37.6 cm³/mol. The van der Waals surface area contributed by atoms with Gasteiger partial charge in [0.05, 0.1) is 5.92 Å². The highest BCUT2D eigenvalue weighted by molar-refractivity contribution is 5.71. The van der Waals surface area contributed by atoms with Crippen molar-refractivity contribution >= 4 is 12.4 Å². The standard InChI is InChI=1S/C7H10NO3/c9-5-8-3-1-2-6(4-8)7(10)11/h6H,1-4H2,(H,10,11)/t6-/m1/s1. The van der Waals surface area contributed by atoms with Crippen molar-refractivity contribution in [3.05, 3.63) is 0 Å². The predicted octanol–water partition coefficient (Wildman–Crippen LogP) is -0.150. The van der Waals surface area contributed by atoms with Crippen LogP contribution in [0.15, 0.2) is 0 Å². The lowest BCUT2D eigenvalue weighted by Crippen LogP contribution is -2.37. The fourth-order valence-electron chi connectivity index (χ4n) is 1.26. The summed E-state index contributed by atoms with van der Waals surface area (Å²) in [6.07, 6.45) is 3.15. The number of carbonyl (C=O) groups excluding carboxylic acids is 1. The molecule has 0 spiro atoms. The number of hydrogen-bond acceptors (Lipinski definition) is 2. The van der Waals surface area contributed by atoms with Crippen LogP contribution in [0.1, 0.15) is 12.8 Å². The molecule has 1 saturated heterocycles. The van der Waals surface area contributed by atoms with Crippen molar-refractivity contribution in [1.29, 1.82) is 0 Å². The molecule has 61 valence electrons. The van der Waals surface area contributed by atoms with Crippen LogP contribution in [0.25, 0.3) is 0 Å². The van der Waals surface area contributed by atoms with E-state index in [4.69, 9.17) is 5.11 Å². The van der Waals surface area contributed by atoms with Crippen LogP contribution in [0.4, 0.5) is 0 Å². The maximum atomic E-state index is 10.5. The Balaban J connectivity index is 2.45. The molecule has 0 aromatic rings. The van der Waals surface area contributed by atoms with Gasteiger partial charge in [0.2, 0.25) is 0 Å². The van der Waals surface area contributed by atoms with Gasteiger partial charge in [0.15, 0.2) is 0 Å². The minimum atomic E-state index is -0.815. The van der Waals surface area contributed by atoms with Gasteiger partial charge in [-0.2, -0.15) is 0 Å². The van der Waals surface area contributed by atoms with E-state index in [9.17, 15) is 9.59 Å². The van der Waals surface area contributed by atoms with Gasteiger partial charge < -0.3 is 10.0 Å². The van der Waals surface area contributed by atoms with Crippen molar-refractivity contribution in [3.63, 3.8) is 0 Å². The fraction of sp³-hybridized carbons (Fsp3) is 0.714. The average Bonchev–Trinajstić information content (AvgIpc) is 2.05. The highest BCUT2D eigenvalue weighted by Crippen LogP contribution is 2.14. The van der Waals surface area contributed by atoms with Gasteiger partial charge in [0.1, 0.15) is 0 Å². The average molecular weight is 156 g/mol. The number of amides is 1. The van der Waals surface area contributed by atoms with Gasteiger partial charge >= 0.3 is 12.4 Å². The molecule has 4 heteroatoms. The number of rotatable bonds is 2. The van der Waals surface area contributed by atoms with Gasteiger partial charge in [0.25, 0.3) is 0 Å². The first kappa shape index (κ1) is 8.04. The van der Waals surface area contributed by atoms with Crippen molar-refractivity contribution in [2.75, 3.05) is 13.1 Å². The zero-order valence-electron chi connectivity index (χ0n) is 6.12. The van der Waals surface area contributed by atoms with Crippen LogP contribution in [0.5, 0.6) is 0 Å². The first-order valence-corrected chi connectivity index (χ1v) is 3.59. The number of aliphatic carboxylic acids is 1. The molecule has 1 aliphatic rings. The van der Waals surface area contributed by atoms with E-state index in [0.29, 0.717) is 19.5 Å². The minimum absolute atomic E-state index is 0.318. The lowest BCUT2D eigenvalue weighted by molar-refractivity contribution is -0.143. The van der Waals surface area contributed by atoms with Crippen molar-refractivity contribution in [2.24, 2.45) is 5.92 Å². The largest absolute Gasteiger partial charge is 0.481 e. The second-order valence-corrected chi connectivity index (χ2v) is 2.71. The summed E-state index contributed by atoms with van der Waals surface area (Å²) in [5, 5.41) is 8.60. The number of carbonyl (C=O) groups is 1. The van der Waals surface area contributed by atoms with Crippen LogP contribution >= 0.6 is 0 Å². The SMILES string of the molecule is O=[C]N1CCC[C@@H](C(=O)O)C1. The van der Waals surface area contributed by atoms with Gasteiger partial charge in [-0.15, -0.1) is 0 Å². The molecule has 1 fully saturated rings. The van der Waals surface area contributed by atoms with Crippen LogP contribution < -0.4 is 0 Å². The summed E-state index contributed by atoms with van der Waals surface area (Å²) in [4.78, 5) is 22.0. The Kier molecular flexibility index (Phi) is 2.46. The molecule has 1 rings (SSSR count). The Hall–Kier alpha value is -1.06. The van der Waals surface area contributed by atoms with Gasteiger partial charge in [-0.05, 0) is 12.8 Å². The lowest BCUT2D eigenvalue weighted by Gasteiger charge is -2.26. The molecule has 1 atom stereocenters. The Morgan fingerprint density at radius 1 is 1.64 bits per heavy atom. The summed E-state index contributed by atoms with van der Waals surface area (Å²) in [7, 11) is 0. The van der Waals surface area contributed by atoms with E-state index in [2.05, 4.69) is 0 Å². The fourth-order valence-corrected chi connectivity index (χ4v) is 1.26. The summed E-state index contributed by atoms with van der Waals surface area (Å²) in [5.74, 6) is -1.20. The first-order valence-electron chi connectivity index (χ1n) is 3.59. The van der Waals surface area contributed by atoms with Crippen LogP contribution in [0.3, 0.4) is 0 Å². The van der Waals surface area contributed by atoms with E-state index < -0.39 is 5.97 Å². The Morgan fingerprint density at radius 2 is 2.36 bits per heavy atom. The van der Waals surface area contributed by atoms with Crippen molar-refractivity contribution in [1.82, 2.24) is 4.90 Å². The highest BCUT2D eigenvalue weighted by Gasteiger charge is 2.24. The monoisotopic (exact) mass is 156 g/mol. The third-order valence-corrected chi connectivity index (χ3v) is 1.90. The van der Waals surface area contributed by atoms with Crippen LogP contribution in [-0.4, -0.2) is 35.5 Å². The third kappa shape index (κ3) is 1.93. The molecule has 11 heavy (non-hydrogen) atoms. The van der Waals surface area contributed by atoms with Gasteiger partial charge in [-0.25, -0.2) is 0 Å². The first-order chi connectivity index (χ1) is 5.24. The van der Waals surface area contributed by atoms with E-state index in [1.165, 1.54) is 4.90 Å². The molecule has 0 bridgehead atoms. The molecule has 1 heterocycles. The number of hydrogen-bond donors (Lipinski definition) is 1. The molecule has 0 aromatic heterocycles.